The van der Waals surface area contributed by atoms with Crippen molar-refractivity contribution in [1.29, 1.82) is 0 Å². The molecule has 2 fully saturated rings. The molecule has 50 heavy (non-hydrogen) atoms. The zero-order valence-corrected chi connectivity index (χ0v) is 30.0. The molecule has 1 aliphatic carbocycles. The van der Waals surface area contributed by atoms with Gasteiger partial charge in [0.25, 0.3) is 0 Å². The van der Waals surface area contributed by atoms with Gasteiger partial charge in [-0.1, -0.05) is 86.4 Å². The summed E-state index contributed by atoms with van der Waals surface area (Å²) in [5.74, 6) is -0.902. The zero-order chi connectivity index (χ0) is 35.2. The lowest BCUT2D eigenvalue weighted by Gasteiger charge is -2.40. The molecule has 0 bridgehead atoms. The topological polar surface area (TPSA) is 136 Å². The fourth-order valence-electron chi connectivity index (χ4n) is 8.63. The fraction of sp³-hybridized carbons (Fsp3) is 0.447. The molecule has 1 aromatic heterocycles. The van der Waals surface area contributed by atoms with Gasteiger partial charge >= 0.3 is 5.97 Å². The Morgan fingerprint density at radius 2 is 1.76 bits per heavy atom. The van der Waals surface area contributed by atoms with E-state index >= 15 is 0 Å². The van der Waals surface area contributed by atoms with E-state index in [2.05, 4.69) is 87.3 Å². The summed E-state index contributed by atoms with van der Waals surface area (Å²) in [6, 6.07) is 21.5. The highest BCUT2D eigenvalue weighted by Gasteiger charge is 2.62. The Balaban J connectivity index is 1.29. The number of aliphatic carboxylic acids is 1. The number of carbonyl (C=O) groups is 2. The standard InChI is InChI=1S/C38H43Cl2N7O3/c1-37(2,3)19-31-38(21-47(30-17-14-25(39)18-28(30)38)20-22-8-10-23(11-9-22)34-43-45-46-44-34)32(27-6-4-5-7-29(27)40)33(42-31)35(48)41-26-15-12-24(13-16-26)36(49)50/h4-11,14,17-18,24,26,31-33,42H,12-13,15-16,19-21H2,1-3H3,(H,41,48)(H,49,50)(H,43,44,45,46)/t24-,26-,31-,32-,33+,38-/m0/s1. The Morgan fingerprint density at radius 1 is 1.02 bits per heavy atom. The van der Waals surface area contributed by atoms with Crippen LogP contribution in [-0.4, -0.2) is 62.3 Å². The molecule has 0 unspecified atom stereocenters. The van der Waals surface area contributed by atoms with Crippen LogP contribution in [0.1, 0.15) is 75.5 Å². The van der Waals surface area contributed by atoms with Crippen LogP contribution < -0.4 is 15.5 Å². The van der Waals surface area contributed by atoms with Crippen LogP contribution in [0.4, 0.5) is 5.69 Å². The molecule has 1 amide bonds. The summed E-state index contributed by atoms with van der Waals surface area (Å²) >= 11 is 13.9. The molecule has 12 heteroatoms. The first-order chi connectivity index (χ1) is 23.9. The van der Waals surface area contributed by atoms with Crippen LogP contribution in [-0.2, 0) is 21.5 Å². The number of rotatable bonds is 8. The van der Waals surface area contributed by atoms with E-state index in [-0.39, 0.29) is 35.2 Å². The first-order valence-corrected chi connectivity index (χ1v) is 18.1. The lowest BCUT2D eigenvalue weighted by molar-refractivity contribution is -0.142. The van der Waals surface area contributed by atoms with Crippen LogP contribution in [0.15, 0.2) is 66.7 Å². The van der Waals surface area contributed by atoms with Gasteiger partial charge in [0, 0.05) is 57.8 Å². The van der Waals surface area contributed by atoms with Crippen molar-refractivity contribution in [3.63, 3.8) is 0 Å². The molecule has 1 saturated carbocycles. The number of hydrogen-bond acceptors (Lipinski definition) is 7. The van der Waals surface area contributed by atoms with Crippen molar-refractivity contribution in [3.8, 4) is 11.4 Å². The van der Waals surface area contributed by atoms with Crippen LogP contribution in [0.5, 0.6) is 0 Å². The van der Waals surface area contributed by atoms with Crippen molar-refractivity contribution >= 4 is 40.8 Å². The highest BCUT2D eigenvalue weighted by molar-refractivity contribution is 6.31. The highest BCUT2D eigenvalue weighted by atomic mass is 35.5. The molecule has 0 radical (unpaired) electrons. The molecule has 1 spiro atoms. The molecular formula is C38H43Cl2N7O3. The molecule has 3 aliphatic rings. The van der Waals surface area contributed by atoms with E-state index in [4.69, 9.17) is 23.2 Å². The maximum atomic E-state index is 14.6. The number of anilines is 1. The second-order valence-corrected chi connectivity index (χ2v) is 16.2. The number of tetrazole rings is 1. The van der Waals surface area contributed by atoms with Crippen molar-refractivity contribution < 1.29 is 14.7 Å². The third-order valence-corrected chi connectivity index (χ3v) is 11.4. The number of nitrogens with one attached hydrogen (secondary N) is 3. The van der Waals surface area contributed by atoms with Crippen LogP contribution in [0.2, 0.25) is 10.0 Å². The molecule has 4 atom stereocenters. The molecule has 7 rings (SSSR count). The first-order valence-electron chi connectivity index (χ1n) is 17.3. The second-order valence-electron chi connectivity index (χ2n) is 15.4. The fourth-order valence-corrected chi connectivity index (χ4v) is 9.06. The van der Waals surface area contributed by atoms with Crippen LogP contribution in [0.3, 0.4) is 0 Å². The quantitative estimate of drug-likeness (QED) is 0.157. The highest BCUT2D eigenvalue weighted by Crippen LogP contribution is 2.58. The predicted octanol–water partition coefficient (Wildman–Crippen LogP) is 6.75. The molecule has 3 aromatic carbocycles. The van der Waals surface area contributed by atoms with E-state index in [1.54, 1.807) is 0 Å². The molecule has 4 aromatic rings. The van der Waals surface area contributed by atoms with Gasteiger partial charge in [0.1, 0.15) is 0 Å². The van der Waals surface area contributed by atoms with Gasteiger partial charge in [-0.25, -0.2) is 5.10 Å². The number of benzene rings is 3. The Labute approximate surface area is 302 Å². The van der Waals surface area contributed by atoms with E-state index in [1.807, 2.05) is 36.4 Å². The molecule has 4 N–H and O–H groups in total. The average Bonchev–Trinajstić information content (AvgIpc) is 3.80. The SMILES string of the molecule is CC(C)(C)C[C@@H]1N[C@@H](C(=O)N[C@H]2CC[C@H](C(=O)O)CC2)[C@H](c2ccccc2Cl)[C@]12CN(Cc1ccc(-c3nnn[nH]3)cc1)c1ccc(Cl)cc12. The van der Waals surface area contributed by atoms with E-state index in [0.717, 1.165) is 34.4 Å². The molecule has 10 nitrogen and oxygen atoms in total. The van der Waals surface area contributed by atoms with Crippen molar-refractivity contribution in [3.05, 3.63) is 93.5 Å². The number of aromatic amines is 1. The summed E-state index contributed by atoms with van der Waals surface area (Å²) in [5, 5.41) is 32.3. The lowest BCUT2D eigenvalue weighted by Crippen LogP contribution is -2.49. The minimum atomic E-state index is -0.760. The number of carbonyl (C=O) groups excluding carboxylic acids is 1. The monoisotopic (exact) mass is 715 g/mol. The maximum Gasteiger partial charge on any atom is 0.306 e. The number of fused-ring (bicyclic) bond motifs is 2. The second kappa shape index (κ2) is 13.6. The minimum Gasteiger partial charge on any atom is -0.481 e. The predicted molar refractivity (Wildman–Crippen MR) is 194 cm³/mol. The van der Waals surface area contributed by atoms with Crippen molar-refractivity contribution in [1.82, 2.24) is 31.3 Å². The number of halogens is 2. The molecular weight excluding hydrogens is 673 g/mol. The van der Waals surface area contributed by atoms with Gasteiger partial charge in [-0.3, -0.25) is 9.59 Å². The van der Waals surface area contributed by atoms with Gasteiger partial charge in [-0.15, -0.1) is 5.10 Å². The van der Waals surface area contributed by atoms with Crippen molar-refractivity contribution in [2.45, 2.75) is 88.9 Å². The number of carboxylic acid groups (broad SMARTS) is 1. The lowest BCUT2D eigenvalue weighted by atomic mass is 9.63. The summed E-state index contributed by atoms with van der Waals surface area (Å²) in [7, 11) is 0. The van der Waals surface area contributed by atoms with Crippen LogP contribution in [0, 0.1) is 11.3 Å². The average molecular weight is 717 g/mol. The Morgan fingerprint density at radius 3 is 2.42 bits per heavy atom. The summed E-state index contributed by atoms with van der Waals surface area (Å²) in [5.41, 5.74) is 4.52. The first kappa shape index (κ1) is 34.5. The van der Waals surface area contributed by atoms with Crippen LogP contribution >= 0.6 is 23.2 Å². The Kier molecular flexibility index (Phi) is 9.39. The largest absolute Gasteiger partial charge is 0.481 e. The normalized spacial score (nSPS) is 26.3. The van der Waals surface area contributed by atoms with Gasteiger partial charge in [0.05, 0.1) is 12.0 Å². The van der Waals surface area contributed by atoms with E-state index in [0.29, 0.717) is 54.6 Å². The van der Waals surface area contributed by atoms with E-state index < -0.39 is 17.4 Å². The number of carboxylic acids is 1. The van der Waals surface area contributed by atoms with Gasteiger partial charge in [0.2, 0.25) is 5.91 Å². The number of H-pyrrole nitrogens is 1. The van der Waals surface area contributed by atoms with Gasteiger partial charge in [-0.05, 0) is 88.9 Å². The summed E-state index contributed by atoms with van der Waals surface area (Å²) in [6.07, 6.45) is 3.20. The number of hydrogen-bond donors (Lipinski definition) is 4. The smallest absolute Gasteiger partial charge is 0.306 e. The molecule has 3 heterocycles. The van der Waals surface area contributed by atoms with Gasteiger partial charge < -0.3 is 20.6 Å². The molecule has 1 saturated heterocycles. The third-order valence-electron chi connectivity index (χ3n) is 10.9. The number of nitrogens with zero attached hydrogens (tertiary/aromatic N) is 4. The summed E-state index contributed by atoms with van der Waals surface area (Å²) < 4.78 is 0. The van der Waals surface area contributed by atoms with Gasteiger partial charge in [0.15, 0.2) is 5.82 Å². The van der Waals surface area contributed by atoms with Crippen LogP contribution in [0.25, 0.3) is 11.4 Å². The Bertz CT molecular complexity index is 1850. The van der Waals surface area contributed by atoms with Gasteiger partial charge in [-0.2, -0.15) is 0 Å². The number of amides is 1. The van der Waals surface area contributed by atoms with E-state index in [9.17, 15) is 14.7 Å². The summed E-state index contributed by atoms with van der Waals surface area (Å²) in [4.78, 5) is 28.6. The Hall–Kier alpha value is -3.99. The number of aromatic nitrogens is 4. The minimum absolute atomic E-state index is 0.0617. The van der Waals surface area contributed by atoms with Crippen molar-refractivity contribution in [2.75, 3.05) is 11.4 Å². The molecule has 2 aliphatic heterocycles. The summed E-state index contributed by atoms with van der Waals surface area (Å²) in [6.45, 7) is 8.00. The van der Waals surface area contributed by atoms with E-state index in [1.165, 1.54) is 0 Å². The maximum absolute atomic E-state index is 14.6. The van der Waals surface area contributed by atoms with Crippen molar-refractivity contribution in [2.24, 2.45) is 11.3 Å². The molecule has 262 valence electrons. The zero-order valence-electron chi connectivity index (χ0n) is 28.5. The third kappa shape index (κ3) is 6.61.